The zero-order valence-electron chi connectivity index (χ0n) is 15.8. The van der Waals surface area contributed by atoms with Gasteiger partial charge in [-0.05, 0) is 60.7 Å². The molecule has 27 heavy (non-hydrogen) atoms. The van der Waals surface area contributed by atoms with E-state index >= 15 is 0 Å². The van der Waals surface area contributed by atoms with Crippen LogP contribution in [0.15, 0.2) is 73.1 Å². The van der Waals surface area contributed by atoms with Crippen LogP contribution >= 0.6 is 0 Å². The van der Waals surface area contributed by atoms with Crippen LogP contribution in [0.1, 0.15) is 28.3 Å². The highest BCUT2D eigenvalue weighted by atomic mass is 16.2. The van der Waals surface area contributed by atoms with Crippen molar-refractivity contribution in [2.75, 3.05) is 11.4 Å². The van der Waals surface area contributed by atoms with E-state index in [4.69, 9.17) is 5.73 Å². The van der Waals surface area contributed by atoms with Gasteiger partial charge in [0.15, 0.2) is 0 Å². The van der Waals surface area contributed by atoms with Crippen molar-refractivity contribution >= 4 is 11.6 Å². The monoisotopic (exact) mass is 359 g/mol. The fourth-order valence-electron chi connectivity index (χ4n) is 3.02. The van der Waals surface area contributed by atoms with Crippen molar-refractivity contribution < 1.29 is 4.79 Å². The van der Waals surface area contributed by atoms with E-state index in [2.05, 4.69) is 18.8 Å². The van der Waals surface area contributed by atoms with Crippen molar-refractivity contribution in [2.24, 2.45) is 5.73 Å². The van der Waals surface area contributed by atoms with E-state index < -0.39 is 6.04 Å². The molecule has 0 spiro atoms. The Labute approximate surface area is 160 Å². The molecule has 138 valence electrons. The lowest BCUT2D eigenvalue weighted by atomic mass is 10.0. The fourth-order valence-corrected chi connectivity index (χ4v) is 3.02. The van der Waals surface area contributed by atoms with Gasteiger partial charge in [-0.3, -0.25) is 9.78 Å². The number of hydrogen-bond donors (Lipinski definition) is 1. The standard InChI is InChI=1S/C23H25N3O/c1-17-10-11-21(15-18(17)2)26(14-12-19-7-6-13-25-16-19)23(27)22(24)20-8-4-3-5-9-20/h3-11,13,15-16,22H,12,14,24H2,1-2H3/t22-/m0/s1. The van der Waals surface area contributed by atoms with Crippen molar-refractivity contribution in [3.05, 3.63) is 95.3 Å². The van der Waals surface area contributed by atoms with Crippen LogP contribution in [-0.2, 0) is 11.2 Å². The van der Waals surface area contributed by atoms with Gasteiger partial charge in [-0.25, -0.2) is 0 Å². The summed E-state index contributed by atoms with van der Waals surface area (Å²) in [6, 6.07) is 18.8. The molecule has 1 amide bonds. The SMILES string of the molecule is Cc1ccc(N(CCc2cccnc2)C(=O)[C@@H](N)c2ccccc2)cc1C. The lowest BCUT2D eigenvalue weighted by Gasteiger charge is -2.27. The van der Waals surface area contributed by atoms with Crippen molar-refractivity contribution in [3.63, 3.8) is 0 Å². The van der Waals surface area contributed by atoms with Crippen molar-refractivity contribution in [2.45, 2.75) is 26.3 Å². The zero-order chi connectivity index (χ0) is 19.2. The maximum Gasteiger partial charge on any atom is 0.248 e. The first kappa shape index (κ1) is 18.8. The highest BCUT2D eigenvalue weighted by Crippen LogP contribution is 2.23. The number of pyridine rings is 1. The molecule has 1 heterocycles. The molecule has 0 unspecified atom stereocenters. The van der Waals surface area contributed by atoms with Gasteiger partial charge >= 0.3 is 0 Å². The number of anilines is 1. The van der Waals surface area contributed by atoms with Crippen LogP contribution in [0.4, 0.5) is 5.69 Å². The van der Waals surface area contributed by atoms with Crippen LogP contribution in [-0.4, -0.2) is 17.4 Å². The normalized spacial score (nSPS) is 11.8. The van der Waals surface area contributed by atoms with Gasteiger partial charge in [-0.15, -0.1) is 0 Å². The van der Waals surface area contributed by atoms with Crippen molar-refractivity contribution in [1.82, 2.24) is 4.98 Å². The van der Waals surface area contributed by atoms with Gasteiger partial charge in [0, 0.05) is 24.6 Å². The average Bonchev–Trinajstić information content (AvgIpc) is 2.71. The van der Waals surface area contributed by atoms with E-state index in [0.29, 0.717) is 13.0 Å². The van der Waals surface area contributed by atoms with Crippen LogP contribution in [0, 0.1) is 13.8 Å². The number of rotatable bonds is 6. The third-order valence-corrected chi connectivity index (χ3v) is 4.84. The number of amides is 1. The Kier molecular flexibility index (Phi) is 5.99. The summed E-state index contributed by atoms with van der Waals surface area (Å²) in [4.78, 5) is 19.2. The average molecular weight is 359 g/mol. The number of aromatic nitrogens is 1. The number of carbonyl (C=O) groups excluding carboxylic acids is 1. The van der Waals surface area contributed by atoms with E-state index in [1.165, 1.54) is 5.56 Å². The highest BCUT2D eigenvalue weighted by molar-refractivity contribution is 5.97. The van der Waals surface area contributed by atoms with Gasteiger partial charge in [-0.1, -0.05) is 42.5 Å². The second-order valence-corrected chi connectivity index (χ2v) is 6.76. The zero-order valence-corrected chi connectivity index (χ0v) is 15.8. The third-order valence-electron chi connectivity index (χ3n) is 4.84. The lowest BCUT2D eigenvalue weighted by molar-refractivity contribution is -0.120. The topological polar surface area (TPSA) is 59.2 Å². The van der Waals surface area contributed by atoms with Gasteiger partial charge in [0.05, 0.1) is 0 Å². The molecule has 0 saturated heterocycles. The minimum atomic E-state index is -0.693. The predicted octanol–water partition coefficient (Wildman–Crippen LogP) is 3.97. The molecular formula is C23H25N3O. The molecule has 4 heteroatoms. The van der Waals surface area contributed by atoms with E-state index in [9.17, 15) is 4.79 Å². The summed E-state index contributed by atoms with van der Waals surface area (Å²) < 4.78 is 0. The van der Waals surface area contributed by atoms with Gasteiger partial charge < -0.3 is 10.6 Å². The van der Waals surface area contributed by atoms with Crippen molar-refractivity contribution in [3.8, 4) is 0 Å². The molecule has 1 atom stereocenters. The molecule has 1 aromatic heterocycles. The van der Waals surface area contributed by atoms with E-state index in [1.54, 1.807) is 11.1 Å². The summed E-state index contributed by atoms with van der Waals surface area (Å²) in [6.07, 6.45) is 4.30. The first-order valence-electron chi connectivity index (χ1n) is 9.14. The molecule has 4 nitrogen and oxygen atoms in total. The lowest BCUT2D eigenvalue weighted by Crippen LogP contribution is -2.40. The molecule has 0 saturated carbocycles. The van der Waals surface area contributed by atoms with Crippen LogP contribution in [0.2, 0.25) is 0 Å². The quantitative estimate of drug-likeness (QED) is 0.724. The van der Waals surface area contributed by atoms with Crippen LogP contribution in [0.3, 0.4) is 0 Å². The molecule has 3 rings (SSSR count). The molecule has 2 aromatic carbocycles. The number of hydrogen-bond acceptors (Lipinski definition) is 3. The summed E-state index contributed by atoms with van der Waals surface area (Å²) >= 11 is 0. The highest BCUT2D eigenvalue weighted by Gasteiger charge is 2.24. The number of carbonyl (C=O) groups is 1. The van der Waals surface area contributed by atoms with Crippen LogP contribution in [0.5, 0.6) is 0 Å². The first-order valence-corrected chi connectivity index (χ1v) is 9.14. The Bertz CT molecular complexity index is 894. The summed E-state index contributed by atoms with van der Waals surface area (Å²) in [6.45, 7) is 4.67. The Balaban J connectivity index is 1.88. The van der Waals surface area contributed by atoms with E-state index in [-0.39, 0.29) is 5.91 Å². The summed E-state index contributed by atoms with van der Waals surface area (Å²) in [5, 5.41) is 0. The second-order valence-electron chi connectivity index (χ2n) is 6.76. The summed E-state index contributed by atoms with van der Waals surface area (Å²) in [5.41, 5.74) is 11.4. The Morgan fingerprint density at radius 2 is 1.81 bits per heavy atom. The summed E-state index contributed by atoms with van der Waals surface area (Å²) in [5.74, 6) is -0.103. The molecule has 3 aromatic rings. The molecule has 0 aliphatic carbocycles. The molecular weight excluding hydrogens is 334 g/mol. The fraction of sp³-hybridized carbons (Fsp3) is 0.217. The number of nitrogens with zero attached hydrogens (tertiary/aromatic N) is 2. The minimum Gasteiger partial charge on any atom is -0.316 e. The maximum absolute atomic E-state index is 13.2. The molecule has 0 radical (unpaired) electrons. The number of aryl methyl sites for hydroxylation is 2. The number of nitrogens with two attached hydrogens (primary N) is 1. The van der Waals surface area contributed by atoms with Crippen LogP contribution < -0.4 is 10.6 Å². The number of benzene rings is 2. The second kappa shape index (κ2) is 8.60. The molecule has 2 N–H and O–H groups in total. The molecule has 0 bridgehead atoms. The molecule has 0 aliphatic rings. The van der Waals surface area contributed by atoms with Gasteiger partial charge in [0.1, 0.15) is 6.04 Å². The predicted molar refractivity (Wildman–Crippen MR) is 110 cm³/mol. The molecule has 0 aliphatic heterocycles. The van der Waals surface area contributed by atoms with Crippen molar-refractivity contribution in [1.29, 1.82) is 0 Å². The first-order chi connectivity index (χ1) is 13.1. The maximum atomic E-state index is 13.2. The molecule has 0 fully saturated rings. The summed E-state index contributed by atoms with van der Waals surface area (Å²) in [7, 11) is 0. The largest absolute Gasteiger partial charge is 0.316 e. The smallest absolute Gasteiger partial charge is 0.248 e. The van der Waals surface area contributed by atoms with Gasteiger partial charge in [-0.2, -0.15) is 0 Å². The van der Waals surface area contributed by atoms with Gasteiger partial charge in [0.25, 0.3) is 0 Å². The van der Waals surface area contributed by atoms with E-state index in [0.717, 1.165) is 22.4 Å². The Morgan fingerprint density at radius 3 is 2.48 bits per heavy atom. The van der Waals surface area contributed by atoms with Crippen LogP contribution in [0.25, 0.3) is 0 Å². The Hall–Kier alpha value is -2.98. The van der Waals surface area contributed by atoms with E-state index in [1.807, 2.05) is 66.9 Å². The Morgan fingerprint density at radius 1 is 1.04 bits per heavy atom. The van der Waals surface area contributed by atoms with Gasteiger partial charge in [0.2, 0.25) is 5.91 Å². The minimum absolute atomic E-state index is 0.103. The third kappa shape index (κ3) is 4.60.